The van der Waals surface area contributed by atoms with E-state index in [0.717, 1.165) is 16.9 Å². The molecule has 2 N–H and O–H groups in total. The zero-order chi connectivity index (χ0) is 26.6. The smallest absolute Gasteiger partial charge is 0.335 e. The van der Waals surface area contributed by atoms with Gasteiger partial charge in [-0.1, -0.05) is 29.8 Å². The molecular weight excluding hydrogens is 526 g/mol. The number of aromatic carboxylic acids is 1. The molecule has 0 aliphatic carbocycles. The monoisotopic (exact) mass is 549 g/mol. The summed E-state index contributed by atoms with van der Waals surface area (Å²) in [5.74, 6) is 0.828. The minimum Gasteiger partial charge on any atom is -0.490 e. The largest absolute Gasteiger partial charge is 0.490 e. The maximum absolute atomic E-state index is 11.2. The summed E-state index contributed by atoms with van der Waals surface area (Å²) in [6.45, 7) is 0.831. The number of thiocarbonyl (C=S) groups is 1. The van der Waals surface area contributed by atoms with Crippen LogP contribution in [0.2, 0.25) is 5.02 Å². The van der Waals surface area contributed by atoms with Crippen LogP contribution in [0, 0.1) is 0 Å². The summed E-state index contributed by atoms with van der Waals surface area (Å²) in [4.78, 5) is 17.7. The topological polar surface area (TPSA) is 97.1 Å². The molecule has 1 saturated heterocycles. The first-order valence-electron chi connectivity index (χ1n) is 11.8. The summed E-state index contributed by atoms with van der Waals surface area (Å²) >= 11 is 12.3. The molecule has 2 unspecified atom stereocenters. The van der Waals surface area contributed by atoms with E-state index in [1.165, 1.54) is 0 Å². The molecule has 0 spiro atoms. The number of pyridine rings is 1. The first-order chi connectivity index (χ1) is 18.5. The third-order valence-electron chi connectivity index (χ3n) is 6.17. The minimum absolute atomic E-state index is 0.207. The molecule has 5 rings (SSSR count). The summed E-state index contributed by atoms with van der Waals surface area (Å²) in [6, 6.07) is 20.8. The molecule has 3 heterocycles. The number of hydrogen-bond acceptors (Lipinski definition) is 6. The number of carbonyl (C=O) groups is 1. The predicted octanol–water partition coefficient (Wildman–Crippen LogP) is 5.90. The van der Waals surface area contributed by atoms with Gasteiger partial charge >= 0.3 is 5.97 Å². The van der Waals surface area contributed by atoms with Gasteiger partial charge in [-0.25, -0.2) is 4.79 Å². The van der Waals surface area contributed by atoms with Crippen LogP contribution in [0.5, 0.6) is 5.75 Å². The number of furan rings is 1. The number of carboxylic acid groups (broad SMARTS) is 1. The highest BCUT2D eigenvalue weighted by atomic mass is 35.5. The molecule has 0 saturated carbocycles. The molecule has 194 valence electrons. The van der Waals surface area contributed by atoms with Crippen molar-refractivity contribution in [2.24, 2.45) is 0 Å². The van der Waals surface area contributed by atoms with Crippen molar-refractivity contribution < 1.29 is 23.8 Å². The molecular formula is C28H24ClN3O5S. The summed E-state index contributed by atoms with van der Waals surface area (Å²) < 4.78 is 17.1. The molecule has 8 nitrogen and oxygen atoms in total. The van der Waals surface area contributed by atoms with E-state index in [1.54, 1.807) is 49.7 Å². The summed E-state index contributed by atoms with van der Waals surface area (Å²) in [7, 11) is 1.61. The van der Waals surface area contributed by atoms with E-state index >= 15 is 0 Å². The van der Waals surface area contributed by atoms with Crippen LogP contribution in [-0.4, -0.2) is 41.5 Å². The van der Waals surface area contributed by atoms with Crippen molar-refractivity contribution in [2.75, 3.05) is 25.2 Å². The number of hydrogen-bond donors (Lipinski definition) is 2. The van der Waals surface area contributed by atoms with Crippen LogP contribution in [0.4, 0.5) is 5.69 Å². The van der Waals surface area contributed by atoms with Crippen molar-refractivity contribution in [1.29, 1.82) is 0 Å². The molecule has 2 aromatic heterocycles. The first kappa shape index (κ1) is 25.7. The Morgan fingerprint density at radius 1 is 1.13 bits per heavy atom. The number of aromatic nitrogens is 1. The number of nitrogens with one attached hydrogen (secondary N) is 1. The van der Waals surface area contributed by atoms with Crippen LogP contribution in [0.1, 0.15) is 33.9 Å². The average molecular weight is 550 g/mol. The zero-order valence-electron chi connectivity index (χ0n) is 20.3. The molecule has 1 aliphatic rings. The van der Waals surface area contributed by atoms with Crippen molar-refractivity contribution in [3.05, 3.63) is 101 Å². The zero-order valence-corrected chi connectivity index (χ0v) is 21.9. The maximum atomic E-state index is 11.2. The highest BCUT2D eigenvalue weighted by Crippen LogP contribution is 2.44. The van der Waals surface area contributed by atoms with Crippen LogP contribution in [0.3, 0.4) is 0 Å². The fourth-order valence-electron chi connectivity index (χ4n) is 4.36. The maximum Gasteiger partial charge on any atom is 0.335 e. The first-order valence-corrected chi connectivity index (χ1v) is 12.6. The van der Waals surface area contributed by atoms with Gasteiger partial charge in [0, 0.05) is 24.6 Å². The Labute approximate surface area is 229 Å². The number of anilines is 1. The van der Waals surface area contributed by atoms with Gasteiger partial charge in [-0.3, -0.25) is 4.98 Å². The number of rotatable bonds is 9. The van der Waals surface area contributed by atoms with E-state index in [1.807, 2.05) is 41.3 Å². The second-order valence-corrected chi connectivity index (χ2v) is 9.33. The summed E-state index contributed by atoms with van der Waals surface area (Å²) in [5.41, 5.74) is 2.53. The van der Waals surface area contributed by atoms with Crippen molar-refractivity contribution in [3.8, 4) is 17.1 Å². The van der Waals surface area contributed by atoms with Crippen LogP contribution in [0.15, 0.2) is 83.4 Å². The van der Waals surface area contributed by atoms with Gasteiger partial charge in [0.05, 0.1) is 28.9 Å². The predicted molar refractivity (Wildman–Crippen MR) is 148 cm³/mol. The van der Waals surface area contributed by atoms with E-state index in [2.05, 4.69) is 10.3 Å². The minimum atomic E-state index is -0.982. The fourth-order valence-corrected chi connectivity index (χ4v) is 4.93. The van der Waals surface area contributed by atoms with Crippen LogP contribution in [-0.2, 0) is 4.74 Å². The summed E-state index contributed by atoms with van der Waals surface area (Å²) in [5, 5.41) is 13.5. The third kappa shape index (κ3) is 5.22. The standard InChI is InChI=1S/C28H24ClN3O5S/c1-35-14-15-36-23-10-9-19(16-20(23)29)32-26(25(31-28(32)38)21-4-2-3-13-30-21)24-12-11-22(37-24)17-5-7-18(8-6-17)27(33)34/h2-13,16,25-26H,14-15H2,1H3,(H,31,38)(H,33,34). The Kier molecular flexibility index (Phi) is 7.59. The molecule has 10 heteroatoms. The molecule has 2 atom stereocenters. The van der Waals surface area contributed by atoms with Gasteiger partial charge in [-0.2, -0.15) is 0 Å². The van der Waals surface area contributed by atoms with Gasteiger partial charge in [0.1, 0.15) is 29.9 Å². The molecule has 1 fully saturated rings. The Morgan fingerprint density at radius 2 is 1.95 bits per heavy atom. The molecule has 1 aliphatic heterocycles. The molecule has 38 heavy (non-hydrogen) atoms. The van der Waals surface area contributed by atoms with Gasteiger partial charge in [0.2, 0.25) is 0 Å². The van der Waals surface area contributed by atoms with Gasteiger partial charge in [0.25, 0.3) is 0 Å². The van der Waals surface area contributed by atoms with Gasteiger partial charge in [-0.05, 0) is 66.8 Å². The second-order valence-electron chi connectivity index (χ2n) is 8.54. The lowest BCUT2D eigenvalue weighted by Crippen LogP contribution is -2.29. The lowest BCUT2D eigenvalue weighted by Gasteiger charge is -2.26. The van der Waals surface area contributed by atoms with Gasteiger partial charge in [-0.15, -0.1) is 0 Å². The summed E-state index contributed by atoms with van der Waals surface area (Å²) in [6.07, 6.45) is 1.74. The lowest BCUT2D eigenvalue weighted by atomic mass is 10.0. The molecule has 4 aromatic rings. The van der Waals surface area contributed by atoms with E-state index in [0.29, 0.717) is 40.6 Å². The lowest BCUT2D eigenvalue weighted by molar-refractivity contribution is 0.0697. The SMILES string of the molecule is COCCOc1ccc(N2C(=S)NC(c3ccccn3)C2c2ccc(-c3ccc(C(=O)O)cc3)o2)cc1Cl. The van der Waals surface area contributed by atoms with Gasteiger partial charge < -0.3 is 29.2 Å². The Morgan fingerprint density at radius 3 is 2.63 bits per heavy atom. The molecule has 2 aromatic carbocycles. The third-order valence-corrected chi connectivity index (χ3v) is 6.78. The fraction of sp³-hybridized carbons (Fsp3) is 0.179. The number of ether oxygens (including phenoxy) is 2. The number of benzene rings is 2. The average Bonchev–Trinajstić information content (AvgIpc) is 3.55. The Bertz CT molecular complexity index is 1440. The van der Waals surface area contributed by atoms with Gasteiger partial charge in [0.15, 0.2) is 5.11 Å². The highest BCUT2D eigenvalue weighted by molar-refractivity contribution is 7.80. The van der Waals surface area contributed by atoms with Crippen molar-refractivity contribution in [3.63, 3.8) is 0 Å². The second kappa shape index (κ2) is 11.2. The Hall–Kier alpha value is -3.92. The van der Waals surface area contributed by atoms with Crippen molar-refractivity contribution in [2.45, 2.75) is 12.1 Å². The number of halogens is 1. The number of methoxy groups -OCH3 is 1. The molecule has 0 amide bonds. The van der Waals surface area contributed by atoms with Crippen LogP contribution in [0.25, 0.3) is 11.3 Å². The van der Waals surface area contributed by atoms with E-state index < -0.39 is 5.97 Å². The van der Waals surface area contributed by atoms with E-state index in [-0.39, 0.29) is 17.6 Å². The number of nitrogens with zero attached hydrogens (tertiary/aromatic N) is 2. The molecule has 0 radical (unpaired) electrons. The number of carboxylic acids is 1. The van der Waals surface area contributed by atoms with Crippen LogP contribution >= 0.6 is 23.8 Å². The van der Waals surface area contributed by atoms with E-state index in [4.69, 9.17) is 37.7 Å². The van der Waals surface area contributed by atoms with Crippen LogP contribution < -0.4 is 15.0 Å². The van der Waals surface area contributed by atoms with Crippen molar-refractivity contribution >= 4 is 40.6 Å². The van der Waals surface area contributed by atoms with E-state index in [9.17, 15) is 9.90 Å². The Balaban J connectivity index is 1.51. The molecule has 0 bridgehead atoms. The quantitative estimate of drug-likeness (QED) is 0.195. The highest BCUT2D eigenvalue weighted by Gasteiger charge is 2.42. The normalized spacial score (nSPS) is 16.9. The van der Waals surface area contributed by atoms with Crippen molar-refractivity contribution in [1.82, 2.24) is 10.3 Å².